The average molecular weight is 702 g/mol. The fourth-order valence-corrected chi connectivity index (χ4v) is 10.6. The molecule has 0 radical (unpaired) electrons. The molecule has 0 amide bonds. The molecule has 0 spiro atoms. The second-order valence-electron chi connectivity index (χ2n) is 15.7. The molecule has 0 saturated heterocycles. The summed E-state index contributed by atoms with van der Waals surface area (Å²) in [7, 11) is 0. The summed E-state index contributed by atoms with van der Waals surface area (Å²) in [4.78, 5) is 16.1. The van der Waals surface area contributed by atoms with E-state index in [0.717, 1.165) is 32.5 Å². The predicted octanol–water partition coefficient (Wildman–Crippen LogP) is 13.4. The zero-order valence-electron chi connectivity index (χ0n) is 30.0. The van der Waals surface area contributed by atoms with E-state index in [0.29, 0.717) is 21.9 Å². The lowest BCUT2D eigenvalue weighted by Crippen LogP contribution is -2.18. The van der Waals surface area contributed by atoms with E-state index >= 15 is 0 Å². The number of anilines is 3. The highest BCUT2D eigenvalue weighted by atomic mass is 32.1. The molecule has 2 aliphatic carbocycles. The van der Waals surface area contributed by atoms with Crippen molar-refractivity contribution in [1.29, 1.82) is 0 Å². The second-order valence-corrected chi connectivity index (χ2v) is 16.7. The molecule has 7 aromatic carbocycles. The van der Waals surface area contributed by atoms with E-state index in [1.807, 2.05) is 30.3 Å². The first-order valence-corrected chi connectivity index (χ1v) is 19.1. The van der Waals surface area contributed by atoms with Crippen molar-refractivity contribution in [3.63, 3.8) is 0 Å². The Hall–Kier alpha value is -5.97. The Bertz CT molecular complexity index is 3000. The van der Waals surface area contributed by atoms with E-state index in [-0.39, 0.29) is 16.3 Å². The lowest BCUT2D eigenvalue weighted by molar-refractivity contribution is 0.660. The molecular weight excluding hydrogens is 667 g/mol. The van der Waals surface area contributed by atoms with Crippen molar-refractivity contribution in [1.82, 2.24) is 0 Å². The number of para-hydroxylation sites is 1. The summed E-state index contributed by atoms with van der Waals surface area (Å²) >= 11 is 1.74. The monoisotopic (exact) mass is 701 g/mol. The molecule has 0 unspecified atom stereocenters. The van der Waals surface area contributed by atoms with Gasteiger partial charge in [-0.1, -0.05) is 113 Å². The van der Waals surface area contributed by atoms with Gasteiger partial charge in [0.2, 0.25) is 5.43 Å². The van der Waals surface area contributed by atoms with Crippen LogP contribution in [0.4, 0.5) is 17.1 Å². The highest BCUT2D eigenvalue weighted by Crippen LogP contribution is 2.54. The van der Waals surface area contributed by atoms with Gasteiger partial charge in [0.05, 0.1) is 21.2 Å². The molecule has 254 valence electrons. The predicted molar refractivity (Wildman–Crippen MR) is 223 cm³/mol. The van der Waals surface area contributed by atoms with Crippen LogP contribution in [0.3, 0.4) is 0 Å². The third-order valence-corrected chi connectivity index (χ3v) is 13.3. The lowest BCUT2D eigenvalue weighted by Gasteiger charge is -2.30. The molecule has 0 saturated carbocycles. The first kappa shape index (κ1) is 30.6. The number of fused-ring (bicyclic) bond motifs is 11. The quantitative estimate of drug-likeness (QED) is 0.172. The molecule has 3 nitrogen and oxygen atoms in total. The fraction of sp³-hybridized carbons (Fsp3) is 0.122. The van der Waals surface area contributed by atoms with Gasteiger partial charge in [0.1, 0.15) is 11.2 Å². The van der Waals surface area contributed by atoms with Gasteiger partial charge in [0.15, 0.2) is 0 Å². The van der Waals surface area contributed by atoms with Gasteiger partial charge in [-0.15, -0.1) is 11.3 Å². The maximum atomic E-state index is 13.7. The molecule has 0 aliphatic heterocycles. The van der Waals surface area contributed by atoms with Crippen molar-refractivity contribution in [2.45, 2.75) is 38.5 Å². The third-order valence-electron chi connectivity index (χ3n) is 12.1. The van der Waals surface area contributed by atoms with Crippen LogP contribution in [0.5, 0.6) is 0 Å². The molecule has 4 heteroatoms. The van der Waals surface area contributed by atoms with Gasteiger partial charge in [-0.05, 0) is 99.1 Å². The van der Waals surface area contributed by atoms with Crippen LogP contribution in [-0.2, 0) is 10.8 Å². The normalized spacial score (nSPS) is 14.8. The van der Waals surface area contributed by atoms with E-state index in [9.17, 15) is 4.79 Å². The maximum Gasteiger partial charge on any atom is 0.200 e. The molecular formula is C49H35NO2S. The standard InChI is InChI=1S/C49H35NO2S/c1-48(2)38-16-8-5-12-30(38)32-22-20-28(24-40(32)48)50(29-21-23-33-31-13-6-9-17-39(31)49(3,4)41(33)25-29)42-18-11-15-34-36-26-44-37(27-45(36)53-47(34)42)46(51)35-14-7-10-19-43(35)52-44/h5-27H,1-4H3. The molecule has 0 bridgehead atoms. The number of nitrogens with zero attached hydrogens (tertiary/aromatic N) is 1. The topological polar surface area (TPSA) is 33.5 Å². The summed E-state index contributed by atoms with van der Waals surface area (Å²) in [6, 6.07) is 49.9. The van der Waals surface area contributed by atoms with Crippen LogP contribution < -0.4 is 10.3 Å². The van der Waals surface area contributed by atoms with Crippen molar-refractivity contribution in [3.8, 4) is 22.3 Å². The minimum Gasteiger partial charge on any atom is -0.456 e. The SMILES string of the molecule is CC1(C)c2ccccc2-c2ccc(N(c3ccc4c(c3)C(C)(C)c3ccccc3-4)c3cccc4c3sc3cc5c(=O)c6ccccc6oc5cc34)cc21. The van der Waals surface area contributed by atoms with Gasteiger partial charge < -0.3 is 9.32 Å². The van der Waals surface area contributed by atoms with E-state index in [2.05, 4.69) is 142 Å². The van der Waals surface area contributed by atoms with Crippen LogP contribution in [0.2, 0.25) is 0 Å². The summed E-state index contributed by atoms with van der Waals surface area (Å²) < 4.78 is 8.58. The number of thiophene rings is 1. The summed E-state index contributed by atoms with van der Waals surface area (Å²) in [5.74, 6) is 0. The first-order valence-electron chi connectivity index (χ1n) is 18.3. The smallest absolute Gasteiger partial charge is 0.200 e. The summed E-state index contributed by atoms with van der Waals surface area (Å²) in [6.07, 6.45) is 0. The van der Waals surface area contributed by atoms with Crippen molar-refractivity contribution in [2.75, 3.05) is 4.90 Å². The van der Waals surface area contributed by atoms with Crippen molar-refractivity contribution in [2.24, 2.45) is 0 Å². The zero-order chi connectivity index (χ0) is 35.8. The molecule has 0 atom stereocenters. The number of benzene rings is 7. The summed E-state index contributed by atoms with van der Waals surface area (Å²) in [6.45, 7) is 9.38. The zero-order valence-corrected chi connectivity index (χ0v) is 30.8. The number of rotatable bonds is 3. The fourth-order valence-electron chi connectivity index (χ4n) is 9.34. The minimum absolute atomic E-state index is 0.00607. The Labute approximate surface area is 311 Å². The van der Waals surface area contributed by atoms with Gasteiger partial charge in [-0.2, -0.15) is 0 Å². The molecule has 0 fully saturated rings. The van der Waals surface area contributed by atoms with Gasteiger partial charge in [0, 0.05) is 37.7 Å². The minimum atomic E-state index is -0.137. The van der Waals surface area contributed by atoms with Crippen molar-refractivity contribution in [3.05, 3.63) is 172 Å². The van der Waals surface area contributed by atoms with Crippen LogP contribution in [0.1, 0.15) is 49.9 Å². The van der Waals surface area contributed by atoms with Gasteiger partial charge >= 0.3 is 0 Å². The number of hydrogen-bond acceptors (Lipinski definition) is 4. The molecule has 53 heavy (non-hydrogen) atoms. The highest BCUT2D eigenvalue weighted by Gasteiger charge is 2.38. The Kier molecular flexibility index (Phi) is 6.10. The number of hydrogen-bond donors (Lipinski definition) is 0. The van der Waals surface area contributed by atoms with E-state index in [4.69, 9.17) is 4.42 Å². The summed E-state index contributed by atoms with van der Waals surface area (Å²) in [5.41, 5.74) is 14.9. The van der Waals surface area contributed by atoms with Crippen LogP contribution in [0, 0.1) is 0 Å². The molecule has 0 N–H and O–H groups in total. The Morgan fingerprint density at radius 1 is 0.491 bits per heavy atom. The van der Waals surface area contributed by atoms with Crippen LogP contribution in [0.15, 0.2) is 149 Å². The largest absolute Gasteiger partial charge is 0.456 e. The first-order chi connectivity index (χ1) is 25.7. The van der Waals surface area contributed by atoms with Crippen LogP contribution in [-0.4, -0.2) is 0 Å². The van der Waals surface area contributed by atoms with Crippen molar-refractivity contribution >= 4 is 70.5 Å². The van der Waals surface area contributed by atoms with Crippen molar-refractivity contribution < 1.29 is 4.42 Å². The van der Waals surface area contributed by atoms with Crippen LogP contribution >= 0.6 is 11.3 Å². The molecule has 11 rings (SSSR count). The second kappa shape index (κ2) is 10.6. The maximum absolute atomic E-state index is 13.7. The average Bonchev–Trinajstić information content (AvgIpc) is 3.74. The van der Waals surface area contributed by atoms with Crippen LogP contribution in [0.25, 0.3) is 64.4 Å². The van der Waals surface area contributed by atoms with E-state index in [1.54, 1.807) is 11.3 Å². The lowest BCUT2D eigenvalue weighted by atomic mass is 9.82. The molecule has 2 aromatic heterocycles. The van der Waals surface area contributed by atoms with Gasteiger partial charge in [-0.3, -0.25) is 4.79 Å². The molecule has 9 aromatic rings. The van der Waals surface area contributed by atoms with Gasteiger partial charge in [0.25, 0.3) is 0 Å². The molecule has 2 aliphatic rings. The molecule has 2 heterocycles. The third kappa shape index (κ3) is 4.13. The Morgan fingerprint density at radius 3 is 1.72 bits per heavy atom. The van der Waals surface area contributed by atoms with Gasteiger partial charge in [-0.25, -0.2) is 0 Å². The Balaban J connectivity index is 1.17. The highest BCUT2D eigenvalue weighted by molar-refractivity contribution is 7.26. The van der Waals surface area contributed by atoms with E-state index in [1.165, 1.54) is 49.2 Å². The van der Waals surface area contributed by atoms with E-state index < -0.39 is 0 Å². The summed E-state index contributed by atoms with van der Waals surface area (Å²) in [5, 5.41) is 3.46. The Morgan fingerprint density at radius 2 is 1.06 bits per heavy atom.